The maximum Gasteiger partial charge on any atom is 0.258 e. The Morgan fingerprint density at radius 3 is 2.46 bits per heavy atom. The molecule has 0 radical (unpaired) electrons. The van der Waals surface area contributed by atoms with Gasteiger partial charge in [-0.05, 0) is 41.5 Å². The Labute approximate surface area is 207 Å². The quantitative estimate of drug-likeness (QED) is 0.374. The second kappa shape index (κ2) is 8.59. The van der Waals surface area contributed by atoms with E-state index in [1.54, 1.807) is 60.0 Å². The van der Waals surface area contributed by atoms with Crippen molar-refractivity contribution in [2.75, 3.05) is 0 Å². The highest BCUT2D eigenvalue weighted by molar-refractivity contribution is 6.30. The van der Waals surface area contributed by atoms with Crippen LogP contribution in [0.4, 0.5) is 0 Å². The molecule has 0 aliphatic rings. The molecule has 0 fully saturated rings. The summed E-state index contributed by atoms with van der Waals surface area (Å²) >= 11 is 6.18. The molecule has 0 spiro atoms. The van der Waals surface area contributed by atoms with Gasteiger partial charge in [0.05, 0.1) is 29.3 Å². The molecule has 1 unspecified atom stereocenters. The second-order valence-corrected chi connectivity index (χ2v) is 8.90. The fourth-order valence-corrected chi connectivity index (χ4v) is 4.84. The van der Waals surface area contributed by atoms with E-state index in [-0.39, 0.29) is 11.1 Å². The van der Waals surface area contributed by atoms with Crippen molar-refractivity contribution in [1.82, 2.24) is 14.1 Å². The lowest BCUT2D eigenvalue weighted by Gasteiger charge is -2.32. The van der Waals surface area contributed by atoms with Crippen LogP contribution in [0.1, 0.15) is 22.4 Å². The molecule has 2 heterocycles. The first-order valence-corrected chi connectivity index (χ1v) is 11.4. The topological polar surface area (TPSA) is 60.1 Å². The van der Waals surface area contributed by atoms with Crippen molar-refractivity contribution in [3.05, 3.63) is 123 Å². The van der Waals surface area contributed by atoms with E-state index in [0.717, 1.165) is 16.5 Å². The Hall–Kier alpha value is -4.11. The first-order valence-electron chi connectivity index (χ1n) is 11.0. The van der Waals surface area contributed by atoms with Gasteiger partial charge in [0, 0.05) is 35.6 Å². The van der Waals surface area contributed by atoms with Gasteiger partial charge < -0.3 is 14.2 Å². The van der Waals surface area contributed by atoms with Crippen LogP contribution in [0, 0.1) is 12.3 Å². The average Bonchev–Trinajstić information content (AvgIpc) is 3.32. The third kappa shape index (κ3) is 3.55. The molecule has 2 aromatic heterocycles. The van der Waals surface area contributed by atoms with Crippen LogP contribution in [0.25, 0.3) is 22.0 Å². The maximum atomic E-state index is 14.1. The molecule has 6 heteroatoms. The number of benzene rings is 3. The Kier molecular flexibility index (Phi) is 5.56. The summed E-state index contributed by atoms with van der Waals surface area (Å²) < 4.78 is 3.28. The predicted octanol–water partition coefficient (Wildman–Crippen LogP) is 4.86. The normalized spacial score (nSPS) is 12.9. The number of aliphatic hydroxyl groups is 1. The number of pyridine rings is 1. The van der Waals surface area contributed by atoms with Crippen molar-refractivity contribution >= 4 is 22.5 Å². The molecule has 5 rings (SSSR count). The molecule has 0 saturated heterocycles. The summed E-state index contributed by atoms with van der Waals surface area (Å²) in [6, 6.07) is 21.9. The molecule has 1 N–H and O–H groups in total. The summed E-state index contributed by atoms with van der Waals surface area (Å²) in [6.07, 6.45) is 8.87. The van der Waals surface area contributed by atoms with Crippen LogP contribution in [-0.4, -0.2) is 19.2 Å². The third-order valence-corrected chi connectivity index (χ3v) is 6.68. The number of hydrogen-bond acceptors (Lipinski definition) is 3. The number of terminal acetylenes is 1. The average molecular weight is 480 g/mol. The van der Waals surface area contributed by atoms with E-state index in [4.69, 9.17) is 18.0 Å². The van der Waals surface area contributed by atoms with Crippen LogP contribution in [0.3, 0.4) is 0 Å². The zero-order valence-electron chi connectivity index (χ0n) is 19.2. The summed E-state index contributed by atoms with van der Waals surface area (Å²) in [6.45, 7) is 0. The number of para-hydroxylation sites is 1. The van der Waals surface area contributed by atoms with Gasteiger partial charge in [0.2, 0.25) is 0 Å². The number of aromatic nitrogens is 3. The van der Waals surface area contributed by atoms with Gasteiger partial charge in [-0.25, -0.2) is 4.98 Å². The zero-order valence-corrected chi connectivity index (χ0v) is 20.0. The molecule has 0 aliphatic heterocycles. The number of halogens is 1. The van der Waals surface area contributed by atoms with E-state index in [9.17, 15) is 9.90 Å². The number of aryl methyl sites for hydroxylation is 2. The lowest BCUT2D eigenvalue weighted by atomic mass is 9.79. The first-order chi connectivity index (χ1) is 16.9. The minimum Gasteiger partial charge on any atom is -0.374 e. The predicted molar refractivity (Wildman–Crippen MR) is 139 cm³/mol. The molecular formula is C29H22ClN3O2. The van der Waals surface area contributed by atoms with E-state index in [2.05, 4.69) is 10.9 Å². The largest absolute Gasteiger partial charge is 0.374 e. The Morgan fingerprint density at radius 1 is 1.03 bits per heavy atom. The van der Waals surface area contributed by atoms with Crippen LogP contribution in [-0.2, 0) is 19.7 Å². The van der Waals surface area contributed by atoms with Crippen molar-refractivity contribution < 1.29 is 5.11 Å². The fourth-order valence-electron chi connectivity index (χ4n) is 4.71. The lowest BCUT2D eigenvalue weighted by molar-refractivity contribution is 0.116. The molecule has 5 nitrogen and oxygen atoms in total. The van der Waals surface area contributed by atoms with Crippen molar-refractivity contribution in [3.63, 3.8) is 0 Å². The van der Waals surface area contributed by atoms with Gasteiger partial charge in [-0.1, -0.05) is 60.0 Å². The van der Waals surface area contributed by atoms with Crippen LogP contribution in [0.15, 0.2) is 90.1 Å². The monoisotopic (exact) mass is 479 g/mol. The third-order valence-electron chi connectivity index (χ3n) is 6.43. The standard InChI is InChI=1S/C29H22ClN3O2/c1-4-19-8-7-9-20(16-19)26-23-10-5-6-11-24(23)33(3)28(34)27(26)29(35,25-17-31-18-32(25)2)21-12-14-22(30)15-13-21/h1,5-18,35H,2-3H3. The molecule has 0 saturated carbocycles. The van der Waals surface area contributed by atoms with Gasteiger partial charge in [-0.15, -0.1) is 6.42 Å². The molecule has 0 amide bonds. The molecule has 3 aromatic carbocycles. The smallest absolute Gasteiger partial charge is 0.258 e. The Balaban J connectivity index is 2.02. The summed E-state index contributed by atoms with van der Waals surface area (Å²) in [4.78, 5) is 18.4. The van der Waals surface area contributed by atoms with E-state index in [1.807, 2.05) is 48.5 Å². The van der Waals surface area contributed by atoms with Gasteiger partial charge in [-0.3, -0.25) is 4.79 Å². The Morgan fingerprint density at radius 2 is 1.77 bits per heavy atom. The van der Waals surface area contributed by atoms with Crippen LogP contribution >= 0.6 is 11.6 Å². The zero-order chi connectivity index (χ0) is 24.7. The van der Waals surface area contributed by atoms with Crippen molar-refractivity contribution in [2.24, 2.45) is 14.1 Å². The number of hydrogen-bond donors (Lipinski definition) is 1. The van der Waals surface area contributed by atoms with Gasteiger partial charge in [0.15, 0.2) is 5.60 Å². The first kappa shape index (κ1) is 22.7. The van der Waals surface area contributed by atoms with Crippen LogP contribution < -0.4 is 5.56 Å². The van der Waals surface area contributed by atoms with Crippen LogP contribution in [0.5, 0.6) is 0 Å². The van der Waals surface area contributed by atoms with Gasteiger partial charge >= 0.3 is 0 Å². The molecular weight excluding hydrogens is 458 g/mol. The molecule has 5 aromatic rings. The lowest BCUT2D eigenvalue weighted by Crippen LogP contribution is -2.39. The molecule has 0 bridgehead atoms. The molecule has 172 valence electrons. The summed E-state index contributed by atoms with van der Waals surface area (Å²) in [7, 11) is 3.49. The number of fused-ring (bicyclic) bond motifs is 1. The molecule has 0 aliphatic carbocycles. The van der Waals surface area contributed by atoms with Crippen molar-refractivity contribution in [1.29, 1.82) is 0 Å². The summed E-state index contributed by atoms with van der Waals surface area (Å²) in [5, 5.41) is 14.0. The number of imidazole rings is 1. The Bertz CT molecular complexity index is 1680. The van der Waals surface area contributed by atoms with Gasteiger partial charge in [0.25, 0.3) is 5.56 Å². The second-order valence-electron chi connectivity index (χ2n) is 8.46. The molecule has 35 heavy (non-hydrogen) atoms. The minimum atomic E-state index is -1.84. The number of rotatable bonds is 4. The van der Waals surface area contributed by atoms with Gasteiger partial charge in [-0.2, -0.15) is 0 Å². The maximum absolute atomic E-state index is 14.1. The van der Waals surface area contributed by atoms with Crippen molar-refractivity contribution in [2.45, 2.75) is 5.60 Å². The highest BCUT2D eigenvalue weighted by Gasteiger charge is 2.42. The van der Waals surface area contributed by atoms with Gasteiger partial charge in [0.1, 0.15) is 0 Å². The summed E-state index contributed by atoms with van der Waals surface area (Å²) in [5.74, 6) is 2.67. The van der Waals surface area contributed by atoms with Crippen LogP contribution in [0.2, 0.25) is 5.02 Å². The van der Waals surface area contributed by atoms with E-state index in [0.29, 0.717) is 27.4 Å². The highest BCUT2D eigenvalue weighted by atomic mass is 35.5. The fraction of sp³-hybridized carbons (Fsp3) is 0.103. The number of nitrogens with zero attached hydrogens (tertiary/aromatic N) is 3. The SMILES string of the molecule is C#Cc1cccc(-c2c(C(O)(c3ccc(Cl)cc3)c3cncn3C)c(=O)n(C)c3ccccc23)c1. The van der Waals surface area contributed by atoms with E-state index >= 15 is 0 Å². The molecule has 1 atom stereocenters. The minimum absolute atomic E-state index is 0.207. The van der Waals surface area contributed by atoms with Crippen molar-refractivity contribution in [3.8, 4) is 23.5 Å². The highest BCUT2D eigenvalue weighted by Crippen LogP contribution is 2.42. The van der Waals surface area contributed by atoms with E-state index < -0.39 is 5.60 Å². The van der Waals surface area contributed by atoms with E-state index in [1.165, 1.54) is 0 Å². The summed E-state index contributed by atoms with van der Waals surface area (Å²) in [5.41, 5.74) is 1.74.